The SMILES string of the molecule is O=C(Cn1cc(F)c(=O)[nH]c1=O)c1coc2ccccc12. The first kappa shape index (κ1) is 13.0. The van der Waals surface area contributed by atoms with Crippen molar-refractivity contribution in [2.45, 2.75) is 6.54 Å². The lowest BCUT2D eigenvalue weighted by molar-refractivity contribution is 0.0970. The van der Waals surface area contributed by atoms with Gasteiger partial charge in [-0.05, 0) is 6.07 Å². The van der Waals surface area contributed by atoms with Crippen LogP contribution in [0.25, 0.3) is 11.0 Å². The fraction of sp³-hybridized carbons (Fsp3) is 0.0714. The number of H-pyrrole nitrogens is 1. The highest BCUT2D eigenvalue weighted by Crippen LogP contribution is 2.21. The Morgan fingerprint density at radius 2 is 2.05 bits per heavy atom. The molecule has 0 radical (unpaired) electrons. The predicted octanol–water partition coefficient (Wildman–Crippen LogP) is 1.30. The second-order valence-corrected chi connectivity index (χ2v) is 4.43. The van der Waals surface area contributed by atoms with Gasteiger partial charge in [-0.25, -0.2) is 4.79 Å². The van der Waals surface area contributed by atoms with E-state index in [1.165, 1.54) is 6.26 Å². The summed E-state index contributed by atoms with van der Waals surface area (Å²) in [5, 5.41) is 0.612. The standard InChI is InChI=1S/C14H9FN2O4/c15-10-5-17(14(20)16-13(10)19)6-11(18)9-7-21-12-4-2-1-3-8(9)12/h1-5,7H,6H2,(H,16,19,20). The van der Waals surface area contributed by atoms with E-state index in [-0.39, 0.29) is 0 Å². The fourth-order valence-electron chi connectivity index (χ4n) is 2.03. The second kappa shape index (κ2) is 4.86. The van der Waals surface area contributed by atoms with Crippen LogP contribution in [0.5, 0.6) is 0 Å². The number of furan rings is 1. The van der Waals surface area contributed by atoms with Crippen LogP contribution in [0.4, 0.5) is 4.39 Å². The number of nitrogens with zero attached hydrogens (tertiary/aromatic N) is 1. The minimum atomic E-state index is -1.13. The highest BCUT2D eigenvalue weighted by atomic mass is 19.1. The van der Waals surface area contributed by atoms with Crippen LogP contribution < -0.4 is 11.2 Å². The molecule has 0 spiro atoms. The number of aromatic amines is 1. The van der Waals surface area contributed by atoms with Gasteiger partial charge in [0, 0.05) is 5.39 Å². The molecule has 21 heavy (non-hydrogen) atoms. The largest absolute Gasteiger partial charge is 0.464 e. The van der Waals surface area contributed by atoms with Gasteiger partial charge in [-0.2, -0.15) is 4.39 Å². The van der Waals surface area contributed by atoms with E-state index in [0.29, 0.717) is 22.7 Å². The molecular formula is C14H9FN2O4. The van der Waals surface area contributed by atoms with Gasteiger partial charge in [0.1, 0.15) is 11.8 Å². The summed E-state index contributed by atoms with van der Waals surface area (Å²) in [6.07, 6.45) is 2.00. The maximum atomic E-state index is 13.2. The average molecular weight is 288 g/mol. The molecule has 0 bridgehead atoms. The Hall–Kier alpha value is -2.96. The smallest absolute Gasteiger partial charge is 0.328 e. The van der Waals surface area contributed by atoms with Crippen molar-refractivity contribution in [2.75, 3.05) is 0 Å². The topological polar surface area (TPSA) is 85.1 Å². The molecule has 3 rings (SSSR count). The maximum Gasteiger partial charge on any atom is 0.328 e. The lowest BCUT2D eigenvalue weighted by Gasteiger charge is -2.03. The highest BCUT2D eigenvalue weighted by molar-refractivity contribution is 6.06. The number of Topliss-reactive ketones (excluding diaryl/α,β-unsaturated/α-hetero) is 1. The van der Waals surface area contributed by atoms with E-state index in [9.17, 15) is 18.8 Å². The summed E-state index contributed by atoms with van der Waals surface area (Å²) in [5.74, 6) is -1.55. The Bertz CT molecular complexity index is 951. The van der Waals surface area contributed by atoms with Gasteiger partial charge in [0.25, 0.3) is 5.56 Å². The lowest BCUT2D eigenvalue weighted by Crippen LogP contribution is -2.33. The molecule has 0 aliphatic carbocycles. The number of carbonyl (C=O) groups is 1. The van der Waals surface area contributed by atoms with Gasteiger partial charge in [-0.1, -0.05) is 18.2 Å². The van der Waals surface area contributed by atoms with Crippen LogP contribution in [-0.4, -0.2) is 15.3 Å². The van der Waals surface area contributed by atoms with Crippen molar-refractivity contribution < 1.29 is 13.6 Å². The highest BCUT2D eigenvalue weighted by Gasteiger charge is 2.15. The van der Waals surface area contributed by atoms with Gasteiger partial charge < -0.3 is 4.42 Å². The van der Waals surface area contributed by atoms with Crippen molar-refractivity contribution in [1.29, 1.82) is 0 Å². The summed E-state index contributed by atoms with van der Waals surface area (Å²) in [6.45, 7) is -0.393. The molecule has 0 atom stereocenters. The number of hydrogen-bond donors (Lipinski definition) is 1. The van der Waals surface area contributed by atoms with Crippen molar-refractivity contribution >= 4 is 16.8 Å². The number of carbonyl (C=O) groups excluding carboxylic acids is 1. The number of nitrogens with one attached hydrogen (secondary N) is 1. The molecule has 0 aliphatic rings. The Kier molecular flexibility index (Phi) is 3.02. The molecular weight excluding hydrogens is 279 g/mol. The van der Waals surface area contributed by atoms with Gasteiger partial charge in [-0.3, -0.25) is 19.1 Å². The third kappa shape index (κ3) is 2.29. The van der Waals surface area contributed by atoms with Gasteiger partial charge >= 0.3 is 5.69 Å². The quantitative estimate of drug-likeness (QED) is 0.736. The predicted molar refractivity (Wildman–Crippen MR) is 71.8 cm³/mol. The Morgan fingerprint density at radius 3 is 2.86 bits per heavy atom. The maximum absolute atomic E-state index is 13.2. The zero-order chi connectivity index (χ0) is 15.0. The number of ketones is 1. The van der Waals surface area contributed by atoms with Crippen molar-refractivity contribution in [3.63, 3.8) is 0 Å². The third-order valence-corrected chi connectivity index (χ3v) is 3.06. The molecule has 0 fully saturated rings. The zero-order valence-electron chi connectivity index (χ0n) is 10.6. The summed E-state index contributed by atoms with van der Waals surface area (Å²) in [6, 6.07) is 6.93. The fourth-order valence-corrected chi connectivity index (χ4v) is 2.03. The third-order valence-electron chi connectivity index (χ3n) is 3.06. The van der Waals surface area contributed by atoms with E-state index < -0.39 is 29.4 Å². The van der Waals surface area contributed by atoms with Crippen molar-refractivity contribution in [2.24, 2.45) is 0 Å². The second-order valence-electron chi connectivity index (χ2n) is 4.43. The molecule has 0 saturated heterocycles. The van der Waals surface area contributed by atoms with Gasteiger partial charge in [-0.15, -0.1) is 0 Å². The van der Waals surface area contributed by atoms with Crippen LogP contribution in [0, 0.1) is 5.82 Å². The summed E-state index contributed by atoms with van der Waals surface area (Å²) in [4.78, 5) is 36.5. The van der Waals surface area contributed by atoms with Crippen molar-refractivity contribution in [1.82, 2.24) is 9.55 Å². The van der Waals surface area contributed by atoms with Crippen LogP contribution >= 0.6 is 0 Å². The number of rotatable bonds is 3. The number of hydrogen-bond acceptors (Lipinski definition) is 4. The Labute approximate surface area is 116 Å². The van der Waals surface area contributed by atoms with Gasteiger partial charge in [0.2, 0.25) is 5.82 Å². The molecule has 0 saturated carbocycles. The first-order valence-electron chi connectivity index (χ1n) is 6.05. The number of aromatic nitrogens is 2. The molecule has 3 aromatic rings. The first-order chi connectivity index (χ1) is 10.1. The molecule has 0 unspecified atom stereocenters. The molecule has 7 heteroatoms. The number of fused-ring (bicyclic) bond motifs is 1. The average Bonchev–Trinajstić information content (AvgIpc) is 2.88. The Balaban J connectivity index is 1.99. The molecule has 6 nitrogen and oxygen atoms in total. The van der Waals surface area contributed by atoms with Crippen molar-refractivity contribution in [3.8, 4) is 0 Å². The van der Waals surface area contributed by atoms with Crippen LogP contribution in [0.3, 0.4) is 0 Å². The monoisotopic (exact) mass is 288 g/mol. The normalized spacial score (nSPS) is 10.9. The first-order valence-corrected chi connectivity index (χ1v) is 6.05. The summed E-state index contributed by atoms with van der Waals surface area (Å²) < 4.78 is 19.2. The van der Waals surface area contributed by atoms with E-state index in [1.807, 2.05) is 0 Å². The van der Waals surface area contributed by atoms with E-state index >= 15 is 0 Å². The minimum absolute atomic E-state index is 0.295. The summed E-state index contributed by atoms with van der Waals surface area (Å²) in [5.41, 5.74) is -1.12. The molecule has 1 aromatic carbocycles. The van der Waals surface area contributed by atoms with E-state index in [4.69, 9.17) is 4.42 Å². The zero-order valence-corrected chi connectivity index (χ0v) is 10.6. The van der Waals surface area contributed by atoms with E-state index in [0.717, 1.165) is 4.57 Å². The van der Waals surface area contributed by atoms with Crippen LogP contribution in [0.15, 0.2) is 50.7 Å². The lowest BCUT2D eigenvalue weighted by atomic mass is 10.1. The molecule has 2 aromatic heterocycles. The number of benzene rings is 1. The van der Waals surface area contributed by atoms with Crippen LogP contribution in [-0.2, 0) is 6.54 Å². The van der Waals surface area contributed by atoms with Crippen LogP contribution in [0.2, 0.25) is 0 Å². The summed E-state index contributed by atoms with van der Waals surface area (Å²) in [7, 11) is 0. The Morgan fingerprint density at radius 1 is 1.29 bits per heavy atom. The van der Waals surface area contributed by atoms with Crippen molar-refractivity contribution in [3.05, 3.63) is 68.9 Å². The van der Waals surface area contributed by atoms with Crippen LogP contribution in [0.1, 0.15) is 10.4 Å². The molecule has 2 heterocycles. The summed E-state index contributed by atoms with van der Waals surface area (Å²) >= 11 is 0. The number of halogens is 1. The van der Waals surface area contributed by atoms with Gasteiger partial charge in [0.05, 0.1) is 18.3 Å². The minimum Gasteiger partial charge on any atom is -0.464 e. The molecule has 0 amide bonds. The van der Waals surface area contributed by atoms with Gasteiger partial charge in [0.15, 0.2) is 5.78 Å². The number of para-hydroxylation sites is 1. The molecule has 0 aliphatic heterocycles. The van der Waals surface area contributed by atoms with E-state index in [2.05, 4.69) is 0 Å². The van der Waals surface area contributed by atoms with E-state index in [1.54, 1.807) is 29.2 Å². The molecule has 1 N–H and O–H groups in total. The molecule has 106 valence electrons.